The predicted octanol–water partition coefficient (Wildman–Crippen LogP) is 2.18. The minimum absolute atomic E-state index is 0.0885. The Labute approximate surface area is 119 Å². The number of carbonyl (C=O) groups is 1. The molecule has 1 rings (SSSR count). The number of nitrogens with one attached hydrogen (secondary N) is 1. The molecule has 1 aromatic rings. The van der Waals surface area contributed by atoms with E-state index in [1.54, 1.807) is 24.9 Å². The van der Waals surface area contributed by atoms with Crippen molar-refractivity contribution in [1.29, 1.82) is 0 Å². The lowest BCUT2D eigenvalue weighted by molar-refractivity contribution is -0.137. The second-order valence-electron chi connectivity index (χ2n) is 4.60. The van der Waals surface area contributed by atoms with Crippen LogP contribution in [0.15, 0.2) is 18.2 Å². The Morgan fingerprint density at radius 3 is 2.55 bits per heavy atom. The Hall–Kier alpha value is -1.62. The summed E-state index contributed by atoms with van der Waals surface area (Å²) in [6.07, 6.45) is -0.626. The fraction of sp³-hybridized carbons (Fsp3) is 0.533. The Morgan fingerprint density at radius 1 is 1.35 bits per heavy atom. The highest BCUT2D eigenvalue weighted by atomic mass is 19.1. The summed E-state index contributed by atoms with van der Waals surface area (Å²) in [5, 5.41) is 2.95. The van der Waals surface area contributed by atoms with Crippen LogP contribution in [0, 0.1) is 5.82 Å². The van der Waals surface area contributed by atoms with E-state index in [-0.39, 0.29) is 11.7 Å². The van der Waals surface area contributed by atoms with Gasteiger partial charge in [-0.25, -0.2) is 4.39 Å². The Morgan fingerprint density at radius 2 is 2.00 bits per heavy atom. The number of amides is 1. The summed E-state index contributed by atoms with van der Waals surface area (Å²) in [6, 6.07) is 4.48. The third-order valence-corrected chi connectivity index (χ3v) is 3.05. The molecule has 0 saturated heterocycles. The van der Waals surface area contributed by atoms with Crippen LogP contribution < -0.4 is 10.1 Å². The summed E-state index contributed by atoms with van der Waals surface area (Å²) in [4.78, 5) is 13.8. The molecule has 20 heavy (non-hydrogen) atoms. The Bertz CT molecular complexity index is 447. The Balaban J connectivity index is 2.79. The molecule has 0 aliphatic carbocycles. The first-order chi connectivity index (χ1) is 9.51. The van der Waals surface area contributed by atoms with Crippen molar-refractivity contribution in [3.8, 4) is 5.75 Å². The molecule has 4 nitrogen and oxygen atoms in total. The summed E-state index contributed by atoms with van der Waals surface area (Å²) >= 11 is 0. The zero-order valence-electron chi connectivity index (χ0n) is 12.6. The van der Waals surface area contributed by atoms with Gasteiger partial charge in [-0.3, -0.25) is 4.79 Å². The second-order valence-corrected chi connectivity index (χ2v) is 4.60. The van der Waals surface area contributed by atoms with Gasteiger partial charge in [0.15, 0.2) is 6.10 Å². The van der Waals surface area contributed by atoms with E-state index >= 15 is 0 Å². The van der Waals surface area contributed by atoms with Gasteiger partial charge in [-0.2, -0.15) is 0 Å². The number of hydrogen-bond donors (Lipinski definition) is 1. The van der Waals surface area contributed by atoms with Gasteiger partial charge in [-0.15, -0.1) is 0 Å². The average molecular weight is 282 g/mol. The quantitative estimate of drug-likeness (QED) is 0.833. The molecule has 1 N–H and O–H groups in total. The van der Waals surface area contributed by atoms with E-state index in [4.69, 9.17) is 4.74 Å². The van der Waals surface area contributed by atoms with Crippen LogP contribution in [0.25, 0.3) is 0 Å². The number of carbonyl (C=O) groups excluding carboxylic acids is 1. The first-order valence-electron chi connectivity index (χ1n) is 6.91. The van der Waals surface area contributed by atoms with Crippen LogP contribution in [0.3, 0.4) is 0 Å². The van der Waals surface area contributed by atoms with Gasteiger partial charge in [0.2, 0.25) is 0 Å². The molecule has 1 unspecified atom stereocenters. The van der Waals surface area contributed by atoms with E-state index in [0.29, 0.717) is 25.4 Å². The summed E-state index contributed by atoms with van der Waals surface area (Å²) in [5.41, 5.74) is 0.782. The topological polar surface area (TPSA) is 41.6 Å². The lowest BCUT2D eigenvalue weighted by atomic mass is 10.2. The van der Waals surface area contributed by atoms with Crippen molar-refractivity contribution in [3.05, 3.63) is 29.6 Å². The second kappa shape index (κ2) is 7.85. The molecule has 1 amide bonds. The van der Waals surface area contributed by atoms with E-state index in [1.807, 2.05) is 13.8 Å². The van der Waals surface area contributed by atoms with Crippen molar-refractivity contribution < 1.29 is 13.9 Å². The van der Waals surface area contributed by atoms with Gasteiger partial charge < -0.3 is 15.0 Å². The van der Waals surface area contributed by atoms with Gasteiger partial charge in [0, 0.05) is 25.7 Å². The highest BCUT2D eigenvalue weighted by Crippen LogP contribution is 2.18. The molecule has 1 aromatic carbocycles. The summed E-state index contributed by atoms with van der Waals surface area (Å²) in [7, 11) is 1.79. The van der Waals surface area contributed by atoms with Crippen LogP contribution in [0.1, 0.15) is 26.3 Å². The SMILES string of the molecule is CCN(CC)C(=O)C(C)Oc1cc(F)cc(CNC)c1. The van der Waals surface area contributed by atoms with Gasteiger partial charge in [-0.05, 0) is 45.5 Å². The number of ether oxygens (including phenoxy) is 1. The third-order valence-electron chi connectivity index (χ3n) is 3.05. The number of nitrogens with zero attached hydrogens (tertiary/aromatic N) is 1. The highest BCUT2D eigenvalue weighted by molar-refractivity contribution is 5.80. The molecule has 1 atom stereocenters. The van der Waals surface area contributed by atoms with Crippen LogP contribution in [-0.2, 0) is 11.3 Å². The van der Waals surface area contributed by atoms with Crippen molar-refractivity contribution in [3.63, 3.8) is 0 Å². The predicted molar refractivity (Wildman–Crippen MR) is 77.2 cm³/mol. The highest BCUT2D eigenvalue weighted by Gasteiger charge is 2.20. The maximum Gasteiger partial charge on any atom is 0.263 e. The minimum atomic E-state index is -0.626. The minimum Gasteiger partial charge on any atom is -0.481 e. The molecule has 0 heterocycles. The lowest BCUT2D eigenvalue weighted by Gasteiger charge is -2.23. The van der Waals surface area contributed by atoms with Gasteiger partial charge >= 0.3 is 0 Å². The molecular formula is C15H23FN2O2. The standard InChI is InChI=1S/C15H23FN2O2/c1-5-18(6-2)15(19)11(3)20-14-8-12(10-17-4)7-13(16)9-14/h7-9,11,17H,5-6,10H2,1-4H3. The normalized spacial score (nSPS) is 12.1. The van der Waals surface area contributed by atoms with E-state index in [9.17, 15) is 9.18 Å². The Kier molecular flexibility index (Phi) is 6.45. The van der Waals surface area contributed by atoms with Crippen molar-refractivity contribution >= 4 is 5.91 Å². The van der Waals surface area contributed by atoms with Crippen molar-refractivity contribution in [1.82, 2.24) is 10.2 Å². The van der Waals surface area contributed by atoms with Gasteiger partial charge in [0.1, 0.15) is 11.6 Å². The molecule has 0 saturated carbocycles. The molecule has 0 radical (unpaired) electrons. The molecular weight excluding hydrogens is 259 g/mol. The molecule has 0 aliphatic rings. The van der Waals surface area contributed by atoms with Gasteiger partial charge in [0.25, 0.3) is 5.91 Å². The summed E-state index contributed by atoms with van der Waals surface area (Å²) in [5.74, 6) is -0.0760. The largest absolute Gasteiger partial charge is 0.481 e. The lowest BCUT2D eigenvalue weighted by Crippen LogP contribution is -2.40. The molecule has 0 aromatic heterocycles. The van der Waals surface area contributed by atoms with Gasteiger partial charge in [0.05, 0.1) is 0 Å². The monoisotopic (exact) mass is 282 g/mol. The van der Waals surface area contributed by atoms with E-state index in [1.165, 1.54) is 12.1 Å². The number of benzene rings is 1. The van der Waals surface area contributed by atoms with Crippen molar-refractivity contribution in [2.45, 2.75) is 33.4 Å². The van der Waals surface area contributed by atoms with Crippen LogP contribution in [0.5, 0.6) is 5.75 Å². The maximum atomic E-state index is 13.5. The summed E-state index contributed by atoms with van der Waals surface area (Å²) < 4.78 is 19.1. The number of likely N-dealkylation sites (N-methyl/N-ethyl adjacent to an activating group) is 1. The number of rotatable bonds is 7. The smallest absolute Gasteiger partial charge is 0.263 e. The summed E-state index contributed by atoms with van der Waals surface area (Å²) in [6.45, 7) is 7.34. The first kappa shape index (κ1) is 16.4. The molecule has 112 valence electrons. The van der Waals surface area contributed by atoms with E-state index in [2.05, 4.69) is 5.32 Å². The molecule has 0 aliphatic heterocycles. The zero-order chi connectivity index (χ0) is 15.1. The van der Waals surface area contributed by atoms with Crippen LogP contribution in [0.4, 0.5) is 4.39 Å². The molecule has 5 heteroatoms. The molecule has 0 fully saturated rings. The third kappa shape index (κ3) is 4.49. The van der Waals surface area contributed by atoms with Gasteiger partial charge in [-0.1, -0.05) is 0 Å². The maximum absolute atomic E-state index is 13.5. The van der Waals surface area contributed by atoms with Crippen LogP contribution >= 0.6 is 0 Å². The van der Waals surface area contributed by atoms with Crippen LogP contribution in [-0.4, -0.2) is 37.0 Å². The molecule has 0 bridgehead atoms. The fourth-order valence-electron chi connectivity index (χ4n) is 2.04. The zero-order valence-corrected chi connectivity index (χ0v) is 12.6. The number of halogens is 1. The van der Waals surface area contributed by atoms with E-state index in [0.717, 1.165) is 5.56 Å². The number of hydrogen-bond acceptors (Lipinski definition) is 3. The average Bonchev–Trinajstić information content (AvgIpc) is 2.39. The van der Waals surface area contributed by atoms with Crippen molar-refractivity contribution in [2.75, 3.05) is 20.1 Å². The fourth-order valence-corrected chi connectivity index (χ4v) is 2.04. The molecule has 0 spiro atoms. The van der Waals surface area contributed by atoms with E-state index < -0.39 is 6.10 Å². The first-order valence-corrected chi connectivity index (χ1v) is 6.91. The van der Waals surface area contributed by atoms with Crippen LogP contribution in [0.2, 0.25) is 0 Å². The van der Waals surface area contributed by atoms with Crippen molar-refractivity contribution in [2.24, 2.45) is 0 Å².